The minimum atomic E-state index is 0.803. The number of hydrogen-bond acceptors (Lipinski definition) is 5. The van der Waals surface area contributed by atoms with Crippen LogP contribution in [0.3, 0.4) is 0 Å². The fourth-order valence-corrected chi connectivity index (χ4v) is 1.00. The van der Waals surface area contributed by atoms with Crippen molar-refractivity contribution in [1.29, 1.82) is 0 Å². The van der Waals surface area contributed by atoms with Gasteiger partial charge in [0.1, 0.15) is 0 Å². The molecular weight excluding hydrogens is 142 g/mol. The van der Waals surface area contributed by atoms with Gasteiger partial charge in [0.15, 0.2) is 5.82 Å². The van der Waals surface area contributed by atoms with Gasteiger partial charge in [0.25, 0.3) is 0 Å². The topological polar surface area (TPSA) is 61.9 Å². The fourth-order valence-electron chi connectivity index (χ4n) is 1.00. The SMILES string of the molecule is c1cnc2c(n1)CCNNN2. The molecule has 0 unspecified atom stereocenters. The molecule has 0 radical (unpaired) electrons. The lowest BCUT2D eigenvalue weighted by Gasteiger charge is -2.03. The first kappa shape index (κ1) is 6.51. The van der Waals surface area contributed by atoms with Crippen molar-refractivity contribution < 1.29 is 0 Å². The number of rotatable bonds is 0. The number of hydrazine groups is 2. The van der Waals surface area contributed by atoms with E-state index in [0.29, 0.717) is 0 Å². The van der Waals surface area contributed by atoms with Crippen molar-refractivity contribution in [2.75, 3.05) is 12.0 Å². The van der Waals surface area contributed by atoms with Gasteiger partial charge in [-0.3, -0.25) is 10.4 Å². The van der Waals surface area contributed by atoms with Gasteiger partial charge in [0.05, 0.1) is 5.69 Å². The van der Waals surface area contributed by atoms with Crippen LogP contribution in [0.4, 0.5) is 5.82 Å². The third kappa shape index (κ3) is 1.28. The Morgan fingerprint density at radius 1 is 1.27 bits per heavy atom. The van der Waals surface area contributed by atoms with E-state index in [1.807, 2.05) is 0 Å². The Morgan fingerprint density at radius 3 is 3.18 bits per heavy atom. The molecule has 0 fully saturated rings. The number of fused-ring (bicyclic) bond motifs is 1. The molecule has 0 amide bonds. The van der Waals surface area contributed by atoms with Crippen LogP contribution in [-0.2, 0) is 6.42 Å². The molecule has 5 heteroatoms. The normalized spacial score (nSPS) is 16.4. The Hall–Kier alpha value is -1.20. The number of hydrogen-bond donors (Lipinski definition) is 3. The Kier molecular flexibility index (Phi) is 1.66. The zero-order valence-electron chi connectivity index (χ0n) is 5.96. The van der Waals surface area contributed by atoms with Crippen LogP contribution in [0.2, 0.25) is 0 Å². The van der Waals surface area contributed by atoms with Gasteiger partial charge in [-0.2, -0.15) is 5.53 Å². The highest BCUT2D eigenvalue weighted by Crippen LogP contribution is 2.07. The van der Waals surface area contributed by atoms with Crippen molar-refractivity contribution in [3.8, 4) is 0 Å². The Bertz CT molecular complexity index is 223. The number of nitrogens with zero attached hydrogens (tertiary/aromatic N) is 2. The summed E-state index contributed by atoms with van der Waals surface area (Å²) < 4.78 is 0. The van der Waals surface area contributed by atoms with E-state index >= 15 is 0 Å². The van der Waals surface area contributed by atoms with Crippen LogP contribution in [-0.4, -0.2) is 16.5 Å². The summed E-state index contributed by atoms with van der Waals surface area (Å²) in [6.45, 7) is 0.860. The summed E-state index contributed by atoms with van der Waals surface area (Å²) in [5.41, 5.74) is 9.64. The van der Waals surface area contributed by atoms with Gasteiger partial charge in [0, 0.05) is 25.4 Å². The molecule has 2 rings (SSSR count). The first-order valence-corrected chi connectivity index (χ1v) is 3.50. The van der Waals surface area contributed by atoms with Gasteiger partial charge < -0.3 is 0 Å². The minimum Gasteiger partial charge on any atom is -0.291 e. The van der Waals surface area contributed by atoms with Gasteiger partial charge in [0.2, 0.25) is 0 Å². The number of aromatic nitrogens is 2. The molecule has 0 spiro atoms. The number of anilines is 1. The third-order valence-corrected chi connectivity index (χ3v) is 1.53. The molecule has 5 nitrogen and oxygen atoms in total. The van der Waals surface area contributed by atoms with Crippen LogP contribution in [0.15, 0.2) is 12.4 Å². The lowest BCUT2D eigenvalue weighted by molar-refractivity contribution is 0.604. The van der Waals surface area contributed by atoms with Crippen molar-refractivity contribution in [2.24, 2.45) is 0 Å². The molecule has 58 valence electrons. The summed E-state index contributed by atoms with van der Waals surface area (Å²) in [5, 5.41) is 0. The maximum Gasteiger partial charge on any atom is 0.163 e. The summed E-state index contributed by atoms with van der Waals surface area (Å²) in [7, 11) is 0. The quantitative estimate of drug-likeness (QED) is 0.464. The summed E-state index contributed by atoms with van der Waals surface area (Å²) in [6.07, 6.45) is 4.26. The molecule has 1 aliphatic rings. The average molecular weight is 151 g/mol. The second kappa shape index (κ2) is 2.81. The van der Waals surface area contributed by atoms with Crippen LogP contribution in [0.25, 0.3) is 0 Å². The zero-order chi connectivity index (χ0) is 7.52. The molecule has 2 heterocycles. The van der Waals surface area contributed by atoms with Crippen LogP contribution < -0.4 is 16.4 Å². The standard InChI is InChI=1S/C6H9N5/c1-2-9-11-10-6-5(1)7-3-4-8-6/h3-4,9,11H,1-2H2,(H,8,10). The molecule has 1 aromatic heterocycles. The molecular formula is C6H9N5. The highest BCUT2D eigenvalue weighted by atomic mass is 15.6. The van der Waals surface area contributed by atoms with E-state index in [1.165, 1.54) is 0 Å². The van der Waals surface area contributed by atoms with Gasteiger partial charge in [-0.05, 0) is 0 Å². The van der Waals surface area contributed by atoms with Crippen molar-refractivity contribution in [3.05, 3.63) is 18.1 Å². The van der Waals surface area contributed by atoms with Gasteiger partial charge in [-0.15, -0.1) is 0 Å². The van der Waals surface area contributed by atoms with E-state index in [4.69, 9.17) is 0 Å². The smallest absolute Gasteiger partial charge is 0.163 e. The third-order valence-electron chi connectivity index (χ3n) is 1.53. The largest absolute Gasteiger partial charge is 0.291 e. The van der Waals surface area contributed by atoms with Crippen molar-refractivity contribution in [1.82, 2.24) is 20.9 Å². The van der Waals surface area contributed by atoms with Gasteiger partial charge in [-0.25, -0.2) is 10.4 Å². The molecule has 0 atom stereocenters. The van der Waals surface area contributed by atoms with E-state index in [9.17, 15) is 0 Å². The van der Waals surface area contributed by atoms with Crippen LogP contribution in [0, 0.1) is 0 Å². The first-order valence-electron chi connectivity index (χ1n) is 3.50. The average Bonchev–Trinajstić information content (AvgIpc) is 2.28. The summed E-state index contributed by atoms with van der Waals surface area (Å²) in [6, 6.07) is 0. The lowest BCUT2D eigenvalue weighted by Crippen LogP contribution is -2.35. The van der Waals surface area contributed by atoms with Gasteiger partial charge in [-0.1, -0.05) is 0 Å². The van der Waals surface area contributed by atoms with E-state index in [0.717, 1.165) is 24.5 Å². The van der Waals surface area contributed by atoms with Crippen molar-refractivity contribution >= 4 is 5.82 Å². The zero-order valence-corrected chi connectivity index (χ0v) is 5.96. The Balaban J connectivity index is 2.33. The van der Waals surface area contributed by atoms with Gasteiger partial charge >= 0.3 is 0 Å². The van der Waals surface area contributed by atoms with E-state index in [1.54, 1.807) is 12.4 Å². The molecule has 0 bridgehead atoms. The van der Waals surface area contributed by atoms with Crippen molar-refractivity contribution in [3.63, 3.8) is 0 Å². The molecule has 0 aromatic carbocycles. The molecule has 3 N–H and O–H groups in total. The second-order valence-electron chi connectivity index (χ2n) is 2.28. The van der Waals surface area contributed by atoms with E-state index in [-0.39, 0.29) is 0 Å². The lowest BCUT2D eigenvalue weighted by atomic mass is 10.3. The van der Waals surface area contributed by atoms with Crippen molar-refractivity contribution in [2.45, 2.75) is 6.42 Å². The monoisotopic (exact) mass is 151 g/mol. The molecule has 1 aliphatic heterocycles. The predicted molar refractivity (Wildman–Crippen MR) is 40.5 cm³/mol. The molecule has 0 saturated carbocycles. The number of nitrogens with one attached hydrogen (secondary N) is 3. The molecule has 0 aliphatic carbocycles. The highest BCUT2D eigenvalue weighted by molar-refractivity contribution is 5.38. The first-order chi connectivity index (χ1) is 5.47. The fraction of sp³-hybridized carbons (Fsp3) is 0.333. The Morgan fingerprint density at radius 2 is 2.18 bits per heavy atom. The molecule has 11 heavy (non-hydrogen) atoms. The summed E-state index contributed by atoms with van der Waals surface area (Å²) in [4.78, 5) is 8.28. The minimum absolute atomic E-state index is 0.803. The second-order valence-corrected chi connectivity index (χ2v) is 2.28. The van der Waals surface area contributed by atoms with Crippen LogP contribution in [0.5, 0.6) is 0 Å². The Labute approximate surface area is 64.2 Å². The van der Waals surface area contributed by atoms with Crippen LogP contribution >= 0.6 is 0 Å². The van der Waals surface area contributed by atoms with Crippen LogP contribution in [0.1, 0.15) is 5.69 Å². The van der Waals surface area contributed by atoms with E-state index < -0.39 is 0 Å². The predicted octanol–water partition coefficient (Wildman–Crippen LogP) is -0.546. The van der Waals surface area contributed by atoms with E-state index in [2.05, 4.69) is 26.4 Å². The summed E-state index contributed by atoms with van der Waals surface area (Å²) >= 11 is 0. The molecule has 0 saturated heterocycles. The maximum absolute atomic E-state index is 4.17. The summed E-state index contributed by atoms with van der Waals surface area (Å²) in [5.74, 6) is 0.803. The highest BCUT2D eigenvalue weighted by Gasteiger charge is 2.06. The molecule has 1 aromatic rings. The maximum atomic E-state index is 4.17.